The molecule has 174 valence electrons. The molecule has 0 unspecified atom stereocenters. The van der Waals surface area contributed by atoms with E-state index in [4.69, 9.17) is 4.74 Å². The van der Waals surface area contributed by atoms with Crippen molar-refractivity contribution in [3.05, 3.63) is 95.8 Å². The Morgan fingerprint density at radius 2 is 1.76 bits per heavy atom. The summed E-state index contributed by atoms with van der Waals surface area (Å²) in [6.45, 7) is -0.197. The maximum Gasteiger partial charge on any atom is 0.442 e. The number of amidine groups is 1. The van der Waals surface area contributed by atoms with Crippen molar-refractivity contribution in [3.8, 4) is 5.75 Å². The van der Waals surface area contributed by atoms with E-state index in [9.17, 15) is 22.8 Å². The number of benzene rings is 2. The number of hydrogen-bond donors (Lipinski definition) is 1. The first-order valence-corrected chi connectivity index (χ1v) is 10.1. The SMILES string of the molecule is COc1ccc(CN2C(=O)[C@@](NC(=O)c3cccnc3)(C(F)(F)F)N=C2c2ccccc2)cc1. The Bertz CT molecular complexity index is 1220. The van der Waals surface area contributed by atoms with E-state index < -0.39 is 23.7 Å². The van der Waals surface area contributed by atoms with Crippen LogP contribution in [0.15, 0.2) is 84.1 Å². The van der Waals surface area contributed by atoms with Gasteiger partial charge >= 0.3 is 11.8 Å². The minimum Gasteiger partial charge on any atom is -0.497 e. The van der Waals surface area contributed by atoms with Crippen molar-refractivity contribution in [3.63, 3.8) is 0 Å². The van der Waals surface area contributed by atoms with Crippen LogP contribution in [0.4, 0.5) is 13.2 Å². The molecule has 10 heteroatoms. The second-order valence-corrected chi connectivity index (χ2v) is 7.44. The molecule has 0 saturated carbocycles. The van der Waals surface area contributed by atoms with Crippen molar-refractivity contribution >= 4 is 17.6 Å². The fraction of sp³-hybridized carbons (Fsp3) is 0.167. The number of carbonyl (C=O) groups is 2. The third-order valence-electron chi connectivity index (χ3n) is 5.24. The van der Waals surface area contributed by atoms with E-state index in [1.54, 1.807) is 54.6 Å². The van der Waals surface area contributed by atoms with Gasteiger partial charge in [-0.25, -0.2) is 4.99 Å². The number of halogens is 3. The van der Waals surface area contributed by atoms with Gasteiger partial charge in [0.25, 0.3) is 11.8 Å². The fourth-order valence-electron chi connectivity index (χ4n) is 3.50. The van der Waals surface area contributed by atoms with Crippen molar-refractivity contribution in [1.29, 1.82) is 0 Å². The van der Waals surface area contributed by atoms with Gasteiger partial charge in [-0.3, -0.25) is 19.5 Å². The lowest BCUT2D eigenvalue weighted by atomic mass is 10.1. The minimum atomic E-state index is -5.21. The molecule has 1 aromatic heterocycles. The van der Waals surface area contributed by atoms with Gasteiger partial charge in [0, 0.05) is 18.0 Å². The average molecular weight is 468 g/mol. The van der Waals surface area contributed by atoms with Gasteiger partial charge in [-0.2, -0.15) is 13.2 Å². The highest BCUT2D eigenvalue weighted by molar-refractivity contribution is 6.16. The monoisotopic (exact) mass is 468 g/mol. The van der Waals surface area contributed by atoms with Crippen LogP contribution in [0.1, 0.15) is 21.5 Å². The number of hydrogen-bond acceptors (Lipinski definition) is 5. The van der Waals surface area contributed by atoms with Crippen LogP contribution >= 0.6 is 0 Å². The summed E-state index contributed by atoms with van der Waals surface area (Å²) in [6.07, 6.45) is -2.73. The number of rotatable bonds is 6. The summed E-state index contributed by atoms with van der Waals surface area (Å²) in [4.78, 5) is 34.5. The summed E-state index contributed by atoms with van der Waals surface area (Å²) in [7, 11) is 1.49. The molecule has 2 heterocycles. The van der Waals surface area contributed by atoms with E-state index in [0.29, 0.717) is 16.9 Å². The molecule has 7 nitrogen and oxygen atoms in total. The molecular formula is C24H19F3N4O3. The first-order valence-electron chi connectivity index (χ1n) is 10.1. The molecule has 0 spiro atoms. The Kier molecular flexibility index (Phi) is 6.06. The van der Waals surface area contributed by atoms with Crippen LogP contribution in [-0.4, -0.2) is 46.5 Å². The number of nitrogens with one attached hydrogen (secondary N) is 1. The Morgan fingerprint density at radius 3 is 2.35 bits per heavy atom. The Labute approximate surface area is 192 Å². The number of carbonyl (C=O) groups excluding carboxylic acids is 2. The Hall–Kier alpha value is -4.21. The standard InChI is InChI=1S/C24H19F3N4O3/c1-34-19-11-9-16(10-12-19)15-31-20(17-6-3-2-4-7-17)29-23(22(31)33,24(25,26)27)30-21(32)18-8-5-13-28-14-18/h2-14H,15H2,1H3,(H,30,32)/t23-/m1/s1. The third-order valence-corrected chi connectivity index (χ3v) is 5.24. The molecule has 0 radical (unpaired) electrons. The van der Waals surface area contributed by atoms with Gasteiger partial charge in [-0.15, -0.1) is 0 Å². The molecule has 0 fully saturated rings. The van der Waals surface area contributed by atoms with Gasteiger partial charge in [-0.1, -0.05) is 42.5 Å². The van der Waals surface area contributed by atoms with Gasteiger partial charge in [0.15, 0.2) is 0 Å². The van der Waals surface area contributed by atoms with Gasteiger partial charge in [0.1, 0.15) is 11.6 Å². The highest BCUT2D eigenvalue weighted by Crippen LogP contribution is 2.39. The molecule has 1 aliphatic rings. The van der Waals surface area contributed by atoms with E-state index in [-0.39, 0.29) is 17.9 Å². The lowest BCUT2D eigenvalue weighted by Gasteiger charge is -2.29. The first-order chi connectivity index (χ1) is 16.2. The number of amides is 2. The average Bonchev–Trinajstić information content (AvgIpc) is 3.13. The number of aliphatic imine (C=N–C) groups is 1. The molecular weight excluding hydrogens is 449 g/mol. The summed E-state index contributed by atoms with van der Waals surface area (Å²) < 4.78 is 48.4. The summed E-state index contributed by atoms with van der Waals surface area (Å²) in [6, 6.07) is 17.3. The van der Waals surface area contributed by atoms with Crippen LogP contribution in [0.25, 0.3) is 0 Å². The largest absolute Gasteiger partial charge is 0.497 e. The van der Waals surface area contributed by atoms with E-state index in [1.807, 2.05) is 5.32 Å². The molecule has 2 amide bonds. The van der Waals surface area contributed by atoms with Crippen LogP contribution in [0.5, 0.6) is 5.75 Å². The number of pyridine rings is 1. The van der Waals surface area contributed by atoms with E-state index in [2.05, 4.69) is 9.98 Å². The lowest BCUT2D eigenvalue weighted by molar-refractivity contribution is -0.196. The zero-order valence-electron chi connectivity index (χ0n) is 17.9. The topological polar surface area (TPSA) is 83.9 Å². The van der Waals surface area contributed by atoms with Crippen molar-refractivity contribution in [2.24, 2.45) is 4.99 Å². The molecule has 2 aromatic carbocycles. The maximum atomic E-state index is 14.4. The fourth-order valence-corrected chi connectivity index (χ4v) is 3.50. The van der Waals surface area contributed by atoms with Crippen molar-refractivity contribution in [2.75, 3.05) is 7.11 Å². The quantitative estimate of drug-likeness (QED) is 0.600. The smallest absolute Gasteiger partial charge is 0.442 e. The zero-order valence-corrected chi connectivity index (χ0v) is 17.9. The summed E-state index contributed by atoms with van der Waals surface area (Å²) in [5, 5.41) is 1.83. The summed E-state index contributed by atoms with van der Waals surface area (Å²) in [5.41, 5.74) is -2.78. The normalized spacial score (nSPS) is 17.9. The Morgan fingerprint density at radius 1 is 1.06 bits per heavy atom. The first kappa shape index (κ1) is 23.0. The van der Waals surface area contributed by atoms with Crippen LogP contribution in [-0.2, 0) is 11.3 Å². The van der Waals surface area contributed by atoms with Crippen LogP contribution in [0, 0.1) is 0 Å². The molecule has 1 N–H and O–H groups in total. The highest BCUT2D eigenvalue weighted by Gasteiger charge is 2.67. The number of nitrogens with zero attached hydrogens (tertiary/aromatic N) is 3. The second kappa shape index (κ2) is 8.97. The van der Waals surface area contributed by atoms with Crippen LogP contribution in [0.2, 0.25) is 0 Å². The number of alkyl halides is 3. The minimum absolute atomic E-state index is 0.135. The summed E-state index contributed by atoms with van der Waals surface area (Å²) in [5.74, 6) is -2.18. The lowest BCUT2D eigenvalue weighted by Crippen LogP contribution is -2.63. The number of ether oxygens (including phenoxy) is 1. The zero-order chi connectivity index (χ0) is 24.3. The molecule has 1 atom stereocenters. The second-order valence-electron chi connectivity index (χ2n) is 7.44. The van der Waals surface area contributed by atoms with Crippen molar-refractivity contribution < 1.29 is 27.5 Å². The van der Waals surface area contributed by atoms with Crippen LogP contribution in [0.3, 0.4) is 0 Å². The molecule has 1 aliphatic heterocycles. The molecule has 3 aromatic rings. The van der Waals surface area contributed by atoms with Gasteiger partial charge in [-0.05, 0) is 29.8 Å². The van der Waals surface area contributed by atoms with Crippen molar-refractivity contribution in [1.82, 2.24) is 15.2 Å². The van der Waals surface area contributed by atoms with Gasteiger partial charge < -0.3 is 10.1 Å². The molecule has 4 rings (SSSR count). The predicted molar refractivity (Wildman–Crippen MR) is 117 cm³/mol. The summed E-state index contributed by atoms with van der Waals surface area (Å²) >= 11 is 0. The predicted octanol–water partition coefficient (Wildman–Crippen LogP) is 3.57. The molecule has 0 saturated heterocycles. The number of aromatic nitrogens is 1. The maximum absolute atomic E-state index is 14.4. The van der Waals surface area contributed by atoms with Gasteiger partial charge in [0.2, 0.25) is 0 Å². The number of methoxy groups -OCH3 is 1. The van der Waals surface area contributed by atoms with E-state index in [0.717, 1.165) is 11.1 Å². The van der Waals surface area contributed by atoms with Crippen LogP contribution < -0.4 is 10.1 Å². The molecule has 34 heavy (non-hydrogen) atoms. The molecule has 0 aliphatic carbocycles. The Balaban J connectivity index is 1.78. The third kappa shape index (κ3) is 4.21. The van der Waals surface area contributed by atoms with Crippen molar-refractivity contribution in [2.45, 2.75) is 18.4 Å². The van der Waals surface area contributed by atoms with E-state index >= 15 is 0 Å². The highest BCUT2D eigenvalue weighted by atomic mass is 19.4. The molecule has 0 bridgehead atoms. The van der Waals surface area contributed by atoms with Gasteiger partial charge in [0.05, 0.1) is 19.2 Å². The van der Waals surface area contributed by atoms with E-state index in [1.165, 1.54) is 25.4 Å².